The van der Waals surface area contributed by atoms with Crippen molar-refractivity contribution in [3.8, 4) is 5.75 Å². The van der Waals surface area contributed by atoms with Crippen LogP contribution in [0.1, 0.15) is 10.5 Å². The molecule has 3 aromatic rings. The number of nitrogens with zero attached hydrogens (tertiary/aromatic N) is 1. The lowest BCUT2D eigenvalue weighted by molar-refractivity contribution is -0.383. The molecule has 0 radical (unpaired) electrons. The molecule has 1 heterocycles. The van der Waals surface area contributed by atoms with Crippen molar-refractivity contribution >= 4 is 28.2 Å². The smallest absolute Gasteiger partial charge is 0.292 e. The fourth-order valence-electron chi connectivity index (χ4n) is 2.29. The van der Waals surface area contributed by atoms with Gasteiger partial charge in [-0.15, -0.1) is 0 Å². The summed E-state index contributed by atoms with van der Waals surface area (Å²) >= 11 is 0. The number of para-hydroxylation sites is 2. The van der Waals surface area contributed by atoms with E-state index in [9.17, 15) is 14.9 Å². The normalized spacial score (nSPS) is 10.5. The summed E-state index contributed by atoms with van der Waals surface area (Å²) in [6.45, 7) is 0. The Labute approximate surface area is 131 Å². The molecular weight excluding hydrogens is 298 g/mol. The SMILES string of the molecule is COc1ccc2[nH]c(C(=O)Nc3ccccc3[N+](=O)[O-])cc2c1. The lowest BCUT2D eigenvalue weighted by Gasteiger charge is -2.04. The lowest BCUT2D eigenvalue weighted by Crippen LogP contribution is -2.13. The molecule has 0 atom stereocenters. The second-order valence-electron chi connectivity index (χ2n) is 4.86. The maximum absolute atomic E-state index is 12.3. The van der Waals surface area contributed by atoms with E-state index in [-0.39, 0.29) is 11.4 Å². The van der Waals surface area contributed by atoms with Crippen molar-refractivity contribution < 1.29 is 14.5 Å². The largest absolute Gasteiger partial charge is 0.497 e. The van der Waals surface area contributed by atoms with E-state index in [1.54, 1.807) is 43.5 Å². The Hall–Kier alpha value is -3.35. The molecule has 2 N–H and O–H groups in total. The maximum atomic E-state index is 12.3. The fraction of sp³-hybridized carbons (Fsp3) is 0.0625. The van der Waals surface area contributed by atoms with Gasteiger partial charge < -0.3 is 15.0 Å². The number of aromatic nitrogens is 1. The van der Waals surface area contributed by atoms with E-state index in [1.165, 1.54) is 12.1 Å². The van der Waals surface area contributed by atoms with Crippen LogP contribution in [0.25, 0.3) is 10.9 Å². The van der Waals surface area contributed by atoms with Crippen LogP contribution >= 0.6 is 0 Å². The van der Waals surface area contributed by atoms with E-state index < -0.39 is 10.8 Å². The monoisotopic (exact) mass is 311 g/mol. The van der Waals surface area contributed by atoms with Crippen LogP contribution in [0.5, 0.6) is 5.75 Å². The molecule has 0 aliphatic heterocycles. The second-order valence-corrected chi connectivity index (χ2v) is 4.86. The Morgan fingerprint density at radius 3 is 2.74 bits per heavy atom. The summed E-state index contributed by atoms with van der Waals surface area (Å²) in [5.74, 6) is 0.233. The molecule has 0 saturated carbocycles. The van der Waals surface area contributed by atoms with Crippen molar-refractivity contribution in [1.29, 1.82) is 0 Å². The van der Waals surface area contributed by atoms with Crippen LogP contribution in [0.3, 0.4) is 0 Å². The van der Waals surface area contributed by atoms with Crippen molar-refractivity contribution in [2.45, 2.75) is 0 Å². The molecule has 0 aliphatic rings. The first-order valence-corrected chi connectivity index (χ1v) is 6.80. The summed E-state index contributed by atoms with van der Waals surface area (Å²) in [5, 5.41) is 14.4. The van der Waals surface area contributed by atoms with Gasteiger partial charge in [-0.2, -0.15) is 0 Å². The van der Waals surface area contributed by atoms with Gasteiger partial charge in [-0.1, -0.05) is 12.1 Å². The molecule has 3 rings (SSSR count). The number of fused-ring (bicyclic) bond motifs is 1. The van der Waals surface area contributed by atoms with Gasteiger partial charge in [0.1, 0.15) is 17.1 Å². The first kappa shape index (κ1) is 14.6. The molecule has 1 aromatic heterocycles. The molecule has 0 spiro atoms. The third-order valence-electron chi connectivity index (χ3n) is 3.42. The number of amides is 1. The van der Waals surface area contributed by atoms with Gasteiger partial charge in [0, 0.05) is 17.0 Å². The molecule has 0 saturated heterocycles. The second kappa shape index (κ2) is 5.80. The Balaban J connectivity index is 1.90. The molecule has 1 amide bonds. The van der Waals surface area contributed by atoms with Crippen molar-refractivity contribution in [3.63, 3.8) is 0 Å². The van der Waals surface area contributed by atoms with Gasteiger partial charge in [0.2, 0.25) is 0 Å². The fourth-order valence-corrected chi connectivity index (χ4v) is 2.29. The van der Waals surface area contributed by atoms with Crippen molar-refractivity contribution in [1.82, 2.24) is 4.98 Å². The summed E-state index contributed by atoms with van der Waals surface area (Å²) in [6.07, 6.45) is 0. The zero-order valence-corrected chi connectivity index (χ0v) is 12.2. The van der Waals surface area contributed by atoms with Crippen LogP contribution in [0.15, 0.2) is 48.5 Å². The zero-order chi connectivity index (χ0) is 16.4. The highest BCUT2D eigenvalue weighted by molar-refractivity contribution is 6.07. The number of anilines is 1. The van der Waals surface area contributed by atoms with Gasteiger partial charge in [-0.3, -0.25) is 14.9 Å². The minimum atomic E-state index is -0.536. The number of ether oxygens (including phenoxy) is 1. The number of aromatic amines is 1. The number of benzene rings is 2. The number of hydrogen-bond donors (Lipinski definition) is 2. The standard InChI is InChI=1S/C16H13N3O4/c1-23-11-6-7-12-10(8-11)9-14(17-12)16(20)18-13-4-2-3-5-15(13)19(21)22/h2-9,17H,1H3,(H,18,20). The van der Waals surface area contributed by atoms with Crippen LogP contribution in [0.4, 0.5) is 11.4 Å². The number of H-pyrrole nitrogens is 1. The van der Waals surface area contributed by atoms with Gasteiger partial charge in [-0.25, -0.2) is 0 Å². The van der Waals surface area contributed by atoms with E-state index in [0.29, 0.717) is 11.4 Å². The average molecular weight is 311 g/mol. The highest BCUT2D eigenvalue weighted by Crippen LogP contribution is 2.25. The summed E-state index contributed by atoms with van der Waals surface area (Å²) in [7, 11) is 1.57. The maximum Gasteiger partial charge on any atom is 0.292 e. The van der Waals surface area contributed by atoms with Crippen molar-refractivity contribution in [2.24, 2.45) is 0 Å². The molecule has 2 aromatic carbocycles. The summed E-state index contributed by atoms with van der Waals surface area (Å²) < 4.78 is 5.14. The van der Waals surface area contributed by atoms with Gasteiger partial charge in [0.05, 0.1) is 12.0 Å². The van der Waals surface area contributed by atoms with Crippen molar-refractivity contribution in [2.75, 3.05) is 12.4 Å². The Morgan fingerprint density at radius 1 is 1.22 bits per heavy atom. The first-order chi connectivity index (χ1) is 11.1. The molecule has 7 heteroatoms. The number of nitro benzene ring substituents is 1. The van der Waals surface area contributed by atoms with Crippen LogP contribution in [0, 0.1) is 10.1 Å². The molecule has 7 nitrogen and oxygen atoms in total. The van der Waals surface area contributed by atoms with Crippen LogP contribution in [-0.2, 0) is 0 Å². The summed E-state index contributed by atoms with van der Waals surface area (Å²) in [4.78, 5) is 25.7. The Bertz CT molecular complexity index is 901. The third kappa shape index (κ3) is 2.84. The first-order valence-electron chi connectivity index (χ1n) is 6.80. The van der Waals surface area contributed by atoms with E-state index in [1.807, 2.05) is 0 Å². The zero-order valence-electron chi connectivity index (χ0n) is 12.2. The Kier molecular flexibility index (Phi) is 3.68. The van der Waals surface area contributed by atoms with Gasteiger partial charge in [0.15, 0.2) is 0 Å². The van der Waals surface area contributed by atoms with Crippen LogP contribution in [0.2, 0.25) is 0 Å². The molecule has 0 fully saturated rings. The minimum absolute atomic E-state index is 0.152. The summed E-state index contributed by atoms with van der Waals surface area (Å²) in [5.41, 5.74) is 1.09. The van der Waals surface area contributed by atoms with Gasteiger partial charge in [-0.05, 0) is 30.3 Å². The number of carbonyl (C=O) groups excluding carboxylic acids is 1. The highest BCUT2D eigenvalue weighted by atomic mass is 16.6. The quantitative estimate of drug-likeness (QED) is 0.570. The van der Waals surface area contributed by atoms with Gasteiger partial charge in [0.25, 0.3) is 11.6 Å². The number of carbonyl (C=O) groups is 1. The number of hydrogen-bond acceptors (Lipinski definition) is 4. The topological polar surface area (TPSA) is 97.3 Å². The lowest BCUT2D eigenvalue weighted by atomic mass is 10.2. The number of methoxy groups -OCH3 is 1. The van der Waals surface area contributed by atoms with Crippen molar-refractivity contribution in [3.05, 3.63) is 64.3 Å². The predicted octanol–water partition coefficient (Wildman–Crippen LogP) is 3.34. The van der Waals surface area contributed by atoms with E-state index >= 15 is 0 Å². The highest BCUT2D eigenvalue weighted by Gasteiger charge is 2.17. The number of nitro groups is 1. The third-order valence-corrected chi connectivity index (χ3v) is 3.42. The van der Waals surface area contributed by atoms with E-state index in [2.05, 4.69) is 10.3 Å². The van der Waals surface area contributed by atoms with Crippen LogP contribution < -0.4 is 10.1 Å². The number of nitrogens with one attached hydrogen (secondary N) is 2. The molecule has 0 bridgehead atoms. The molecule has 0 aliphatic carbocycles. The molecular formula is C16H13N3O4. The average Bonchev–Trinajstić information content (AvgIpc) is 2.98. The van der Waals surface area contributed by atoms with E-state index in [4.69, 9.17) is 4.74 Å². The Morgan fingerprint density at radius 2 is 2.00 bits per heavy atom. The van der Waals surface area contributed by atoms with Crippen LogP contribution in [-0.4, -0.2) is 22.9 Å². The molecule has 23 heavy (non-hydrogen) atoms. The molecule has 116 valence electrons. The van der Waals surface area contributed by atoms with Gasteiger partial charge >= 0.3 is 0 Å². The minimum Gasteiger partial charge on any atom is -0.497 e. The van der Waals surface area contributed by atoms with E-state index in [0.717, 1.165) is 10.9 Å². The predicted molar refractivity (Wildman–Crippen MR) is 85.9 cm³/mol. The molecule has 0 unspecified atom stereocenters. The number of rotatable bonds is 4. The summed E-state index contributed by atoms with van der Waals surface area (Å²) in [6, 6.07) is 13.0.